The van der Waals surface area contributed by atoms with E-state index in [1.807, 2.05) is 35.8 Å². The Morgan fingerprint density at radius 1 is 1.25 bits per heavy atom. The molecule has 0 fully saturated rings. The number of Topliss-reactive ketones (excluding diaryl/α,β-unsaturated/α-hetero) is 1. The highest BCUT2D eigenvalue weighted by Gasteiger charge is 2.18. The van der Waals surface area contributed by atoms with Crippen molar-refractivity contribution >= 4 is 22.7 Å². The third-order valence-electron chi connectivity index (χ3n) is 4.02. The second-order valence-electron chi connectivity index (χ2n) is 5.66. The van der Waals surface area contributed by atoms with Crippen molar-refractivity contribution in [3.8, 4) is 0 Å². The molecule has 2 heterocycles. The summed E-state index contributed by atoms with van der Waals surface area (Å²) in [6.07, 6.45) is 1.99. The summed E-state index contributed by atoms with van der Waals surface area (Å²) >= 11 is 0. The molecule has 0 aliphatic rings. The average Bonchev–Trinajstić information content (AvgIpc) is 3.21. The second-order valence-corrected chi connectivity index (χ2v) is 5.66. The molecule has 0 spiro atoms. The van der Waals surface area contributed by atoms with Crippen LogP contribution in [0.1, 0.15) is 36.3 Å². The van der Waals surface area contributed by atoms with Gasteiger partial charge in [-0.15, -0.1) is 0 Å². The van der Waals surface area contributed by atoms with Crippen LogP contribution in [0.15, 0.2) is 47.1 Å². The highest BCUT2D eigenvalue weighted by molar-refractivity contribution is 5.91. The fourth-order valence-corrected chi connectivity index (χ4v) is 2.67. The standard InChI is InChI=1S/C18H19N3O3/c1-12(13(2)22)21-15-7-4-3-6-14(15)20-17(21)9-10-19-18(23)16-8-5-11-24-16/h3-8,11-12H,9-10H2,1-2H3,(H,19,23). The number of benzene rings is 1. The lowest BCUT2D eigenvalue weighted by Gasteiger charge is -2.15. The first-order valence-corrected chi connectivity index (χ1v) is 7.86. The molecule has 24 heavy (non-hydrogen) atoms. The minimum atomic E-state index is -0.298. The van der Waals surface area contributed by atoms with E-state index < -0.39 is 0 Å². The Kier molecular flexibility index (Phi) is 4.46. The summed E-state index contributed by atoms with van der Waals surface area (Å²) in [5, 5.41) is 2.80. The number of amides is 1. The SMILES string of the molecule is CC(=O)C(C)n1c(CCNC(=O)c2ccco2)nc2ccccc21. The van der Waals surface area contributed by atoms with Crippen LogP contribution in [0, 0.1) is 0 Å². The molecule has 3 aromatic rings. The Labute approximate surface area is 139 Å². The average molecular weight is 325 g/mol. The maximum absolute atomic E-state index is 11.9. The van der Waals surface area contributed by atoms with Gasteiger partial charge in [-0.1, -0.05) is 12.1 Å². The molecule has 0 bridgehead atoms. The van der Waals surface area contributed by atoms with Crippen LogP contribution in [0.3, 0.4) is 0 Å². The van der Waals surface area contributed by atoms with E-state index in [1.54, 1.807) is 19.1 Å². The van der Waals surface area contributed by atoms with Crippen LogP contribution in [0.2, 0.25) is 0 Å². The fraction of sp³-hybridized carbons (Fsp3) is 0.278. The molecular formula is C18H19N3O3. The van der Waals surface area contributed by atoms with Gasteiger partial charge in [-0.05, 0) is 38.1 Å². The molecule has 1 N–H and O–H groups in total. The van der Waals surface area contributed by atoms with Gasteiger partial charge in [-0.25, -0.2) is 4.98 Å². The Morgan fingerprint density at radius 2 is 2.04 bits per heavy atom. The molecule has 0 aliphatic heterocycles. The number of aromatic nitrogens is 2. The number of ketones is 1. The quantitative estimate of drug-likeness (QED) is 0.756. The van der Waals surface area contributed by atoms with Gasteiger partial charge in [0.15, 0.2) is 11.5 Å². The van der Waals surface area contributed by atoms with Gasteiger partial charge in [-0.2, -0.15) is 0 Å². The summed E-state index contributed by atoms with van der Waals surface area (Å²) in [4.78, 5) is 28.4. The van der Waals surface area contributed by atoms with Crippen molar-refractivity contribution in [1.29, 1.82) is 0 Å². The Hall–Kier alpha value is -2.89. The summed E-state index contributed by atoms with van der Waals surface area (Å²) in [6, 6.07) is 10.7. The van der Waals surface area contributed by atoms with Crippen LogP contribution in [-0.4, -0.2) is 27.8 Å². The van der Waals surface area contributed by atoms with Crippen molar-refractivity contribution in [3.05, 3.63) is 54.2 Å². The van der Waals surface area contributed by atoms with Crippen LogP contribution in [0.4, 0.5) is 0 Å². The number of hydrogen-bond acceptors (Lipinski definition) is 4. The minimum Gasteiger partial charge on any atom is -0.459 e. The maximum Gasteiger partial charge on any atom is 0.286 e. The number of rotatable bonds is 6. The predicted octanol–water partition coefficient (Wildman–Crippen LogP) is 2.75. The molecule has 0 saturated heterocycles. The van der Waals surface area contributed by atoms with Gasteiger partial charge in [0.05, 0.1) is 23.3 Å². The van der Waals surface area contributed by atoms with Crippen LogP contribution >= 0.6 is 0 Å². The fourth-order valence-electron chi connectivity index (χ4n) is 2.67. The molecular weight excluding hydrogens is 306 g/mol. The van der Waals surface area contributed by atoms with Crippen molar-refractivity contribution in [3.63, 3.8) is 0 Å². The normalized spacial score (nSPS) is 12.2. The first kappa shape index (κ1) is 16.0. The zero-order chi connectivity index (χ0) is 17.1. The van der Waals surface area contributed by atoms with E-state index in [9.17, 15) is 9.59 Å². The smallest absolute Gasteiger partial charge is 0.286 e. The topological polar surface area (TPSA) is 77.1 Å². The number of fused-ring (bicyclic) bond motifs is 1. The van der Waals surface area contributed by atoms with Gasteiger partial charge >= 0.3 is 0 Å². The van der Waals surface area contributed by atoms with Gasteiger partial charge in [0.1, 0.15) is 5.82 Å². The largest absolute Gasteiger partial charge is 0.459 e. The summed E-state index contributed by atoms with van der Waals surface area (Å²) in [5.41, 5.74) is 1.77. The number of carbonyl (C=O) groups excluding carboxylic acids is 2. The number of furan rings is 1. The van der Waals surface area contributed by atoms with E-state index in [1.165, 1.54) is 6.26 Å². The number of imidazole rings is 1. The van der Waals surface area contributed by atoms with Gasteiger partial charge < -0.3 is 14.3 Å². The lowest BCUT2D eigenvalue weighted by Crippen LogP contribution is -2.26. The van der Waals surface area contributed by atoms with Crippen molar-refractivity contribution in [2.45, 2.75) is 26.3 Å². The van der Waals surface area contributed by atoms with Crippen LogP contribution in [0.5, 0.6) is 0 Å². The summed E-state index contributed by atoms with van der Waals surface area (Å²) in [7, 11) is 0. The van der Waals surface area contributed by atoms with Crippen LogP contribution in [-0.2, 0) is 11.2 Å². The molecule has 0 aliphatic carbocycles. The molecule has 0 radical (unpaired) electrons. The summed E-state index contributed by atoms with van der Waals surface area (Å²) < 4.78 is 7.00. The Morgan fingerprint density at radius 3 is 2.75 bits per heavy atom. The summed E-state index contributed by atoms with van der Waals surface area (Å²) in [6.45, 7) is 3.84. The predicted molar refractivity (Wildman–Crippen MR) is 89.9 cm³/mol. The Balaban J connectivity index is 1.79. The highest BCUT2D eigenvalue weighted by Crippen LogP contribution is 2.22. The number of carbonyl (C=O) groups is 2. The molecule has 1 atom stereocenters. The lowest BCUT2D eigenvalue weighted by molar-refractivity contribution is -0.119. The molecule has 6 heteroatoms. The number of nitrogens with one attached hydrogen (secondary N) is 1. The number of para-hydroxylation sites is 2. The number of hydrogen-bond donors (Lipinski definition) is 1. The van der Waals surface area contributed by atoms with Gasteiger partial charge in [0.2, 0.25) is 0 Å². The first-order valence-electron chi connectivity index (χ1n) is 7.86. The summed E-state index contributed by atoms with van der Waals surface area (Å²) in [5.74, 6) is 0.862. The third-order valence-corrected chi connectivity index (χ3v) is 4.02. The van der Waals surface area contributed by atoms with Crippen LogP contribution in [0.25, 0.3) is 11.0 Å². The van der Waals surface area contributed by atoms with Gasteiger partial charge in [-0.3, -0.25) is 9.59 Å². The molecule has 1 aromatic carbocycles. The second kappa shape index (κ2) is 6.70. The highest BCUT2D eigenvalue weighted by atomic mass is 16.3. The van der Waals surface area contributed by atoms with Gasteiger partial charge in [0.25, 0.3) is 5.91 Å². The zero-order valence-electron chi connectivity index (χ0n) is 13.7. The van der Waals surface area contributed by atoms with E-state index in [4.69, 9.17) is 4.42 Å². The van der Waals surface area contributed by atoms with Crippen LogP contribution < -0.4 is 5.32 Å². The van der Waals surface area contributed by atoms with Crippen molar-refractivity contribution < 1.29 is 14.0 Å². The lowest BCUT2D eigenvalue weighted by atomic mass is 10.2. The third kappa shape index (κ3) is 3.08. The van der Waals surface area contributed by atoms with Crippen molar-refractivity contribution in [2.24, 2.45) is 0 Å². The van der Waals surface area contributed by atoms with E-state index in [-0.39, 0.29) is 23.5 Å². The molecule has 124 valence electrons. The molecule has 1 unspecified atom stereocenters. The minimum absolute atomic E-state index is 0.0685. The van der Waals surface area contributed by atoms with Gasteiger partial charge in [0, 0.05) is 13.0 Å². The number of nitrogens with zero attached hydrogens (tertiary/aromatic N) is 2. The molecule has 2 aromatic heterocycles. The first-order chi connectivity index (χ1) is 11.6. The molecule has 6 nitrogen and oxygen atoms in total. The monoisotopic (exact) mass is 325 g/mol. The van der Waals surface area contributed by atoms with E-state index in [0.29, 0.717) is 13.0 Å². The van der Waals surface area contributed by atoms with E-state index >= 15 is 0 Å². The Bertz CT molecular complexity index is 865. The molecule has 0 saturated carbocycles. The zero-order valence-corrected chi connectivity index (χ0v) is 13.7. The van der Waals surface area contributed by atoms with E-state index in [0.717, 1.165) is 16.9 Å². The molecule has 1 amide bonds. The maximum atomic E-state index is 11.9. The van der Waals surface area contributed by atoms with E-state index in [2.05, 4.69) is 10.3 Å². The van der Waals surface area contributed by atoms with Crippen molar-refractivity contribution in [2.75, 3.05) is 6.54 Å². The van der Waals surface area contributed by atoms with Crippen molar-refractivity contribution in [1.82, 2.24) is 14.9 Å². The molecule has 3 rings (SSSR count).